The predicted octanol–water partition coefficient (Wildman–Crippen LogP) is 2.75. The summed E-state index contributed by atoms with van der Waals surface area (Å²) < 4.78 is 16.8. The molecule has 1 fully saturated rings. The van der Waals surface area contributed by atoms with E-state index in [0.29, 0.717) is 18.8 Å². The smallest absolute Gasteiger partial charge is 0.165 e. The third-order valence-electron chi connectivity index (χ3n) is 3.70. The van der Waals surface area contributed by atoms with Crippen molar-refractivity contribution >= 4 is 0 Å². The molecule has 20 heavy (non-hydrogen) atoms. The molecule has 4 nitrogen and oxygen atoms in total. The highest BCUT2D eigenvalue weighted by atomic mass is 16.5. The highest BCUT2D eigenvalue weighted by Crippen LogP contribution is 2.31. The van der Waals surface area contributed by atoms with Crippen LogP contribution in [0.3, 0.4) is 0 Å². The minimum Gasteiger partial charge on any atom is -0.493 e. The first-order valence-corrected chi connectivity index (χ1v) is 7.40. The maximum atomic E-state index is 5.70. The summed E-state index contributed by atoms with van der Waals surface area (Å²) in [5.74, 6) is 1.63. The van der Waals surface area contributed by atoms with Crippen molar-refractivity contribution in [3.05, 3.63) is 23.8 Å². The molecule has 0 aliphatic carbocycles. The van der Waals surface area contributed by atoms with E-state index in [2.05, 4.69) is 18.3 Å². The quantitative estimate of drug-likeness (QED) is 0.833. The second-order valence-corrected chi connectivity index (χ2v) is 5.10. The van der Waals surface area contributed by atoms with E-state index in [1.165, 1.54) is 6.42 Å². The fraction of sp³-hybridized carbons (Fsp3) is 0.625. The Labute approximate surface area is 121 Å². The number of benzene rings is 1. The number of ether oxygens (including phenoxy) is 3. The predicted molar refractivity (Wildman–Crippen MR) is 79.4 cm³/mol. The zero-order valence-electron chi connectivity index (χ0n) is 12.6. The standard InChI is InChI=1S/C16H25NO3/c1-4-19-15-8-5-7-13(16(15)18-3)11-17-12(2)14-9-6-10-20-14/h5,7-8,12,14,17H,4,6,9-11H2,1-3H3. The maximum Gasteiger partial charge on any atom is 0.165 e. The van der Waals surface area contributed by atoms with E-state index in [-0.39, 0.29) is 0 Å². The SMILES string of the molecule is CCOc1cccc(CNC(C)C2CCCO2)c1OC. The molecule has 1 N–H and O–H groups in total. The molecule has 1 aromatic carbocycles. The van der Waals surface area contributed by atoms with Crippen molar-refractivity contribution in [2.24, 2.45) is 0 Å². The molecule has 1 saturated heterocycles. The van der Waals surface area contributed by atoms with Gasteiger partial charge in [-0.25, -0.2) is 0 Å². The first-order chi connectivity index (χ1) is 9.76. The number of para-hydroxylation sites is 1. The molecule has 1 aromatic rings. The van der Waals surface area contributed by atoms with Crippen LogP contribution in [0.15, 0.2) is 18.2 Å². The molecular weight excluding hydrogens is 254 g/mol. The van der Waals surface area contributed by atoms with Gasteiger partial charge in [0.25, 0.3) is 0 Å². The molecule has 1 heterocycles. The Morgan fingerprint density at radius 1 is 1.45 bits per heavy atom. The van der Waals surface area contributed by atoms with Gasteiger partial charge in [-0.15, -0.1) is 0 Å². The summed E-state index contributed by atoms with van der Waals surface area (Å²) in [5, 5.41) is 3.52. The van der Waals surface area contributed by atoms with Crippen LogP contribution < -0.4 is 14.8 Å². The van der Waals surface area contributed by atoms with Crippen molar-refractivity contribution < 1.29 is 14.2 Å². The van der Waals surface area contributed by atoms with Crippen LogP contribution >= 0.6 is 0 Å². The zero-order valence-corrected chi connectivity index (χ0v) is 12.6. The molecule has 0 spiro atoms. The average molecular weight is 279 g/mol. The van der Waals surface area contributed by atoms with Crippen molar-refractivity contribution in [1.29, 1.82) is 0 Å². The number of methoxy groups -OCH3 is 1. The number of rotatable bonds is 7. The average Bonchev–Trinajstić information content (AvgIpc) is 2.99. The van der Waals surface area contributed by atoms with Crippen LogP contribution in [0.2, 0.25) is 0 Å². The summed E-state index contributed by atoms with van der Waals surface area (Å²) in [6.07, 6.45) is 2.64. The van der Waals surface area contributed by atoms with Crippen LogP contribution in [0.1, 0.15) is 32.3 Å². The molecule has 0 saturated carbocycles. The fourth-order valence-corrected chi connectivity index (χ4v) is 2.60. The maximum absolute atomic E-state index is 5.70. The number of hydrogen-bond acceptors (Lipinski definition) is 4. The van der Waals surface area contributed by atoms with Gasteiger partial charge in [-0.1, -0.05) is 12.1 Å². The molecule has 0 radical (unpaired) electrons. The van der Waals surface area contributed by atoms with E-state index in [0.717, 1.165) is 36.6 Å². The molecule has 0 amide bonds. The van der Waals surface area contributed by atoms with Crippen molar-refractivity contribution in [2.45, 2.75) is 45.4 Å². The highest BCUT2D eigenvalue weighted by molar-refractivity contribution is 5.46. The van der Waals surface area contributed by atoms with Crippen LogP contribution in [0.4, 0.5) is 0 Å². The van der Waals surface area contributed by atoms with Crippen LogP contribution in [0.25, 0.3) is 0 Å². The third-order valence-corrected chi connectivity index (χ3v) is 3.70. The second-order valence-electron chi connectivity index (χ2n) is 5.10. The minimum atomic E-state index is 0.330. The molecule has 2 atom stereocenters. The second kappa shape index (κ2) is 7.50. The van der Waals surface area contributed by atoms with Crippen molar-refractivity contribution in [3.8, 4) is 11.5 Å². The van der Waals surface area contributed by atoms with E-state index >= 15 is 0 Å². The van der Waals surface area contributed by atoms with Crippen LogP contribution in [0, 0.1) is 0 Å². The lowest BCUT2D eigenvalue weighted by Gasteiger charge is -2.21. The van der Waals surface area contributed by atoms with Gasteiger partial charge in [-0.2, -0.15) is 0 Å². The largest absolute Gasteiger partial charge is 0.493 e. The van der Waals surface area contributed by atoms with E-state index < -0.39 is 0 Å². The summed E-state index contributed by atoms with van der Waals surface area (Å²) in [4.78, 5) is 0. The monoisotopic (exact) mass is 279 g/mol. The molecular formula is C16H25NO3. The van der Waals surface area contributed by atoms with E-state index in [9.17, 15) is 0 Å². The molecule has 2 unspecified atom stereocenters. The van der Waals surface area contributed by atoms with Gasteiger partial charge in [0.15, 0.2) is 11.5 Å². The van der Waals surface area contributed by atoms with Crippen molar-refractivity contribution in [1.82, 2.24) is 5.32 Å². The van der Waals surface area contributed by atoms with Crippen LogP contribution in [0.5, 0.6) is 11.5 Å². The molecule has 2 rings (SSSR count). The first kappa shape index (κ1) is 15.1. The van der Waals surface area contributed by atoms with Gasteiger partial charge in [0, 0.05) is 24.8 Å². The van der Waals surface area contributed by atoms with Gasteiger partial charge in [0.2, 0.25) is 0 Å². The lowest BCUT2D eigenvalue weighted by atomic mass is 10.1. The van der Waals surface area contributed by atoms with Gasteiger partial charge in [-0.3, -0.25) is 0 Å². The Hall–Kier alpha value is -1.26. The third kappa shape index (κ3) is 3.64. The summed E-state index contributed by atoms with van der Waals surface area (Å²) in [7, 11) is 1.69. The molecule has 1 aliphatic rings. The topological polar surface area (TPSA) is 39.7 Å². The van der Waals surface area contributed by atoms with Gasteiger partial charge in [-0.05, 0) is 32.8 Å². The Morgan fingerprint density at radius 2 is 2.30 bits per heavy atom. The lowest BCUT2D eigenvalue weighted by molar-refractivity contribution is 0.0831. The van der Waals surface area contributed by atoms with Gasteiger partial charge >= 0.3 is 0 Å². The lowest BCUT2D eigenvalue weighted by Crippen LogP contribution is -2.36. The molecule has 1 aliphatic heterocycles. The van der Waals surface area contributed by atoms with Gasteiger partial charge < -0.3 is 19.5 Å². The van der Waals surface area contributed by atoms with Crippen molar-refractivity contribution in [2.75, 3.05) is 20.3 Å². The van der Waals surface area contributed by atoms with E-state index in [1.54, 1.807) is 7.11 Å². The van der Waals surface area contributed by atoms with Crippen molar-refractivity contribution in [3.63, 3.8) is 0 Å². The number of nitrogens with one attached hydrogen (secondary N) is 1. The minimum absolute atomic E-state index is 0.330. The summed E-state index contributed by atoms with van der Waals surface area (Å²) in [5.41, 5.74) is 1.11. The van der Waals surface area contributed by atoms with E-state index in [1.807, 2.05) is 19.1 Å². The Bertz CT molecular complexity index is 416. The Balaban J connectivity index is 1.99. The van der Waals surface area contributed by atoms with Gasteiger partial charge in [0.05, 0.1) is 19.8 Å². The molecule has 4 heteroatoms. The Morgan fingerprint density at radius 3 is 2.95 bits per heavy atom. The van der Waals surface area contributed by atoms with E-state index in [4.69, 9.17) is 14.2 Å². The first-order valence-electron chi connectivity index (χ1n) is 7.40. The highest BCUT2D eigenvalue weighted by Gasteiger charge is 2.22. The summed E-state index contributed by atoms with van der Waals surface area (Å²) >= 11 is 0. The number of hydrogen-bond donors (Lipinski definition) is 1. The summed E-state index contributed by atoms with van der Waals surface area (Å²) in [6.45, 7) is 6.43. The van der Waals surface area contributed by atoms with Crippen LogP contribution in [-0.2, 0) is 11.3 Å². The normalized spacial score (nSPS) is 19.9. The molecule has 112 valence electrons. The molecule has 0 aromatic heterocycles. The van der Waals surface area contributed by atoms with Gasteiger partial charge in [0.1, 0.15) is 0 Å². The summed E-state index contributed by atoms with van der Waals surface area (Å²) in [6, 6.07) is 6.35. The molecule has 0 bridgehead atoms. The Kier molecular flexibility index (Phi) is 5.68. The van der Waals surface area contributed by atoms with Crippen LogP contribution in [-0.4, -0.2) is 32.5 Å². The zero-order chi connectivity index (χ0) is 14.4. The fourth-order valence-electron chi connectivity index (χ4n) is 2.60.